The number of aromatic nitrogens is 3. The molecule has 12 nitrogen and oxygen atoms in total. The molecule has 0 spiro atoms. The van der Waals surface area contributed by atoms with Gasteiger partial charge < -0.3 is 15.1 Å². The van der Waals surface area contributed by atoms with Crippen molar-refractivity contribution in [1.29, 1.82) is 0 Å². The number of nitrogens with one attached hydrogen (secondary N) is 1. The van der Waals surface area contributed by atoms with Crippen molar-refractivity contribution in [2.75, 3.05) is 37.2 Å². The first-order valence-electron chi connectivity index (χ1n) is 15.4. The van der Waals surface area contributed by atoms with Gasteiger partial charge in [-0.25, -0.2) is 18.1 Å². The van der Waals surface area contributed by atoms with E-state index in [1.807, 2.05) is 30.3 Å². The van der Waals surface area contributed by atoms with Gasteiger partial charge in [-0.05, 0) is 68.9 Å². The Bertz CT molecular complexity index is 1620. The fourth-order valence-electron chi connectivity index (χ4n) is 6.00. The van der Waals surface area contributed by atoms with Crippen LogP contribution in [0.4, 0.5) is 5.69 Å². The van der Waals surface area contributed by atoms with Gasteiger partial charge in [-0.1, -0.05) is 30.3 Å². The second kappa shape index (κ2) is 13.8. The molecule has 3 amide bonds. The highest BCUT2D eigenvalue weighted by molar-refractivity contribution is 7.92. The van der Waals surface area contributed by atoms with Crippen LogP contribution in [0.5, 0.6) is 0 Å². The van der Waals surface area contributed by atoms with Crippen LogP contribution in [0.2, 0.25) is 0 Å². The molecule has 240 valence electrons. The standard InChI is InChI=1S/C32H41N7O5S/c1-23-33-30-27(22-24-10-5-4-6-11-24)34-31(41)28-12-7-8-19-38(28)29(40)13-9-18-37(20-21-39(30)35-23)32(42)25-14-16-26(17-15-25)36(2)45(3,43)44/h4-6,10-11,14-17,27-28H,7-9,12-13,18-22H2,1-3H3,(H,34,41)/t27-,28+/m1/s1. The van der Waals surface area contributed by atoms with Crippen molar-refractivity contribution in [2.24, 2.45) is 0 Å². The monoisotopic (exact) mass is 635 g/mol. The second-order valence-corrected chi connectivity index (χ2v) is 13.8. The summed E-state index contributed by atoms with van der Waals surface area (Å²) in [6.45, 7) is 3.28. The average molecular weight is 636 g/mol. The van der Waals surface area contributed by atoms with Gasteiger partial charge in [-0.3, -0.25) is 18.7 Å². The van der Waals surface area contributed by atoms with Gasteiger partial charge >= 0.3 is 0 Å². The molecule has 0 bridgehead atoms. The maximum atomic E-state index is 13.8. The molecule has 1 N–H and O–H groups in total. The lowest BCUT2D eigenvalue weighted by Crippen LogP contribution is -2.53. The number of fused-ring (bicyclic) bond motifs is 2. The van der Waals surface area contributed by atoms with E-state index in [0.717, 1.165) is 29.0 Å². The van der Waals surface area contributed by atoms with E-state index >= 15 is 0 Å². The predicted octanol–water partition coefficient (Wildman–Crippen LogP) is 2.70. The van der Waals surface area contributed by atoms with Crippen LogP contribution in [-0.4, -0.2) is 89.7 Å². The average Bonchev–Trinajstić information content (AvgIpc) is 3.41. The number of sulfonamides is 1. The maximum absolute atomic E-state index is 13.8. The smallest absolute Gasteiger partial charge is 0.253 e. The molecule has 0 saturated carbocycles. The number of amides is 3. The SMILES string of the molecule is Cc1nc2n(n1)CCN(C(=O)c1ccc(N(C)S(C)(=O)=O)cc1)CCCC(=O)N1CCCC[C@H]1C(=O)N[C@@H]2Cc1ccccc1. The van der Waals surface area contributed by atoms with E-state index in [-0.39, 0.29) is 24.1 Å². The zero-order valence-electron chi connectivity index (χ0n) is 26.1. The van der Waals surface area contributed by atoms with Gasteiger partial charge in [0, 0.05) is 38.7 Å². The van der Waals surface area contributed by atoms with Crippen molar-refractivity contribution in [2.45, 2.75) is 64.1 Å². The Hall–Kier alpha value is -4.26. The third-order valence-corrected chi connectivity index (χ3v) is 9.71. The fraction of sp³-hybridized carbons (Fsp3) is 0.469. The van der Waals surface area contributed by atoms with Crippen molar-refractivity contribution in [1.82, 2.24) is 29.9 Å². The van der Waals surface area contributed by atoms with Crippen LogP contribution < -0.4 is 9.62 Å². The molecule has 1 fully saturated rings. The third kappa shape index (κ3) is 7.70. The summed E-state index contributed by atoms with van der Waals surface area (Å²) in [7, 11) is -1.99. The molecule has 5 rings (SSSR count). The summed E-state index contributed by atoms with van der Waals surface area (Å²) in [5, 5.41) is 7.85. The third-order valence-electron chi connectivity index (χ3n) is 8.51. The van der Waals surface area contributed by atoms with Crippen molar-refractivity contribution < 1.29 is 22.8 Å². The molecule has 3 aromatic rings. The van der Waals surface area contributed by atoms with Crippen LogP contribution in [0, 0.1) is 6.92 Å². The van der Waals surface area contributed by atoms with Crippen LogP contribution in [0.1, 0.15) is 65.7 Å². The van der Waals surface area contributed by atoms with E-state index in [1.165, 1.54) is 7.05 Å². The molecule has 0 radical (unpaired) electrons. The maximum Gasteiger partial charge on any atom is 0.253 e. The quantitative estimate of drug-likeness (QED) is 0.455. The number of carbonyl (C=O) groups is 3. The van der Waals surface area contributed by atoms with Crippen LogP contribution in [0.15, 0.2) is 54.6 Å². The van der Waals surface area contributed by atoms with Gasteiger partial charge in [0.25, 0.3) is 5.91 Å². The molecule has 2 aliphatic rings. The van der Waals surface area contributed by atoms with Crippen molar-refractivity contribution in [3.05, 3.63) is 77.4 Å². The zero-order valence-corrected chi connectivity index (χ0v) is 26.9. The molecule has 2 atom stereocenters. The van der Waals surface area contributed by atoms with Crippen molar-refractivity contribution >= 4 is 33.4 Å². The highest BCUT2D eigenvalue weighted by atomic mass is 32.2. The summed E-state index contributed by atoms with van der Waals surface area (Å²) in [5.41, 5.74) is 1.88. The summed E-state index contributed by atoms with van der Waals surface area (Å²) >= 11 is 0. The lowest BCUT2D eigenvalue weighted by molar-refractivity contribution is -0.142. The normalized spacial score (nSPS) is 20.1. The van der Waals surface area contributed by atoms with Gasteiger partial charge in [0.1, 0.15) is 17.7 Å². The number of rotatable bonds is 5. The minimum absolute atomic E-state index is 0.0916. The lowest BCUT2D eigenvalue weighted by Gasteiger charge is -2.36. The van der Waals surface area contributed by atoms with Gasteiger partial charge in [0.15, 0.2) is 0 Å². The number of carbonyl (C=O) groups excluding carboxylic acids is 3. The minimum atomic E-state index is -3.45. The van der Waals surface area contributed by atoms with E-state index in [4.69, 9.17) is 4.98 Å². The van der Waals surface area contributed by atoms with E-state index < -0.39 is 22.1 Å². The van der Waals surface area contributed by atoms with Gasteiger partial charge in [-0.15, -0.1) is 0 Å². The Morgan fingerprint density at radius 3 is 2.42 bits per heavy atom. The van der Waals surface area contributed by atoms with Crippen LogP contribution >= 0.6 is 0 Å². The molecular weight excluding hydrogens is 594 g/mol. The molecule has 3 heterocycles. The number of benzene rings is 2. The summed E-state index contributed by atoms with van der Waals surface area (Å²) in [6.07, 6.45) is 4.55. The molecule has 45 heavy (non-hydrogen) atoms. The van der Waals surface area contributed by atoms with Gasteiger partial charge in [0.05, 0.1) is 24.5 Å². The van der Waals surface area contributed by atoms with Crippen LogP contribution in [-0.2, 0) is 32.6 Å². The van der Waals surface area contributed by atoms with Crippen LogP contribution in [0.25, 0.3) is 0 Å². The summed E-state index contributed by atoms with van der Waals surface area (Å²) in [6, 6.07) is 15.2. The van der Waals surface area contributed by atoms with E-state index in [0.29, 0.717) is 68.3 Å². The van der Waals surface area contributed by atoms with Crippen molar-refractivity contribution in [3.8, 4) is 0 Å². The Morgan fingerprint density at radius 1 is 0.978 bits per heavy atom. The summed E-state index contributed by atoms with van der Waals surface area (Å²) in [4.78, 5) is 49.1. The Kier molecular flexibility index (Phi) is 9.86. The predicted molar refractivity (Wildman–Crippen MR) is 170 cm³/mol. The molecule has 2 aliphatic heterocycles. The first-order valence-corrected chi connectivity index (χ1v) is 17.2. The number of nitrogens with zero attached hydrogens (tertiary/aromatic N) is 6. The lowest BCUT2D eigenvalue weighted by atomic mass is 9.99. The fourth-order valence-corrected chi connectivity index (χ4v) is 6.51. The molecule has 1 saturated heterocycles. The molecule has 1 aromatic heterocycles. The first kappa shape index (κ1) is 32.1. The molecule has 2 aromatic carbocycles. The molecular formula is C32H41N7O5S. The Morgan fingerprint density at radius 2 is 1.71 bits per heavy atom. The highest BCUT2D eigenvalue weighted by Crippen LogP contribution is 2.24. The number of hydrogen-bond acceptors (Lipinski definition) is 7. The number of piperidine rings is 1. The van der Waals surface area contributed by atoms with Gasteiger partial charge in [-0.2, -0.15) is 5.10 Å². The summed E-state index contributed by atoms with van der Waals surface area (Å²) < 4.78 is 26.9. The zero-order chi connectivity index (χ0) is 32.1. The highest BCUT2D eigenvalue weighted by Gasteiger charge is 2.34. The van der Waals surface area contributed by atoms with Gasteiger partial charge in [0.2, 0.25) is 21.8 Å². The Labute approximate surface area is 264 Å². The van der Waals surface area contributed by atoms with E-state index in [9.17, 15) is 22.8 Å². The Balaban J connectivity index is 1.46. The molecule has 13 heteroatoms. The topological polar surface area (TPSA) is 138 Å². The minimum Gasteiger partial charge on any atom is -0.344 e. The number of anilines is 1. The first-order chi connectivity index (χ1) is 21.5. The van der Waals surface area contributed by atoms with E-state index in [2.05, 4.69) is 10.4 Å². The van der Waals surface area contributed by atoms with E-state index in [1.54, 1.807) is 45.7 Å². The number of aryl methyl sites for hydroxylation is 1. The molecule has 0 unspecified atom stereocenters. The largest absolute Gasteiger partial charge is 0.344 e. The number of hydrogen-bond donors (Lipinski definition) is 1. The van der Waals surface area contributed by atoms with Crippen molar-refractivity contribution in [3.63, 3.8) is 0 Å². The van der Waals surface area contributed by atoms with Crippen LogP contribution in [0.3, 0.4) is 0 Å². The second-order valence-electron chi connectivity index (χ2n) is 11.8. The summed E-state index contributed by atoms with van der Waals surface area (Å²) in [5.74, 6) is 0.642. The molecule has 0 aliphatic carbocycles.